The van der Waals surface area contributed by atoms with Gasteiger partial charge in [-0.3, -0.25) is 14.0 Å². The highest BCUT2D eigenvalue weighted by molar-refractivity contribution is 5.93. The van der Waals surface area contributed by atoms with Crippen LogP contribution in [-0.2, 0) is 7.05 Å². The lowest BCUT2D eigenvalue weighted by molar-refractivity contribution is 0.0615. The summed E-state index contributed by atoms with van der Waals surface area (Å²) in [7, 11) is 2.99. The number of rotatable bonds is 4. The Morgan fingerprint density at radius 3 is 2.87 bits per heavy atom. The summed E-state index contributed by atoms with van der Waals surface area (Å²) in [6, 6.07) is 4.41. The summed E-state index contributed by atoms with van der Waals surface area (Å²) in [6.45, 7) is 1.08. The minimum absolute atomic E-state index is 0.0340. The maximum Gasteiger partial charge on any atom is 0.294 e. The molecule has 1 atom stereocenters. The molecule has 0 unspecified atom stereocenters. The maximum absolute atomic E-state index is 14.6. The molecule has 1 saturated heterocycles. The quantitative estimate of drug-likeness (QED) is 0.702. The molecule has 1 aliphatic heterocycles. The van der Waals surface area contributed by atoms with Crippen molar-refractivity contribution >= 4 is 11.6 Å². The van der Waals surface area contributed by atoms with Gasteiger partial charge in [0, 0.05) is 50.8 Å². The van der Waals surface area contributed by atoms with Crippen molar-refractivity contribution in [3.63, 3.8) is 0 Å². The van der Waals surface area contributed by atoms with Crippen LogP contribution < -0.4 is 10.3 Å². The largest absolute Gasteiger partial charge is 0.497 e. The second kappa shape index (κ2) is 7.91. The number of ether oxygens (including phenoxy) is 1. The zero-order chi connectivity index (χ0) is 21.4. The van der Waals surface area contributed by atoms with Crippen molar-refractivity contribution in [2.45, 2.75) is 12.8 Å². The SMILES string of the molecule is COc1ccc(-c2cn3cc(C(=O)N4CCC[C@@H](CO)C4)nc3c(=O)n2C)c(F)c1. The number of carbonyl (C=O) groups excluding carboxylic acids is 1. The Morgan fingerprint density at radius 2 is 2.17 bits per heavy atom. The zero-order valence-electron chi connectivity index (χ0n) is 16.8. The van der Waals surface area contributed by atoms with Gasteiger partial charge in [0.1, 0.15) is 17.3 Å². The Morgan fingerprint density at radius 1 is 1.37 bits per heavy atom. The van der Waals surface area contributed by atoms with Gasteiger partial charge in [0.25, 0.3) is 11.5 Å². The van der Waals surface area contributed by atoms with Crippen LogP contribution in [0.2, 0.25) is 0 Å². The van der Waals surface area contributed by atoms with Gasteiger partial charge in [0.05, 0.1) is 12.8 Å². The molecular formula is C21H23FN4O4. The Labute approximate surface area is 172 Å². The van der Waals surface area contributed by atoms with E-state index in [0.717, 1.165) is 12.8 Å². The summed E-state index contributed by atoms with van der Waals surface area (Å²) in [5.41, 5.74) is 0.393. The number of methoxy groups -OCH3 is 1. The average molecular weight is 414 g/mol. The van der Waals surface area contributed by atoms with E-state index in [0.29, 0.717) is 24.5 Å². The van der Waals surface area contributed by atoms with Crippen LogP contribution in [0.4, 0.5) is 4.39 Å². The van der Waals surface area contributed by atoms with Crippen LogP contribution in [0.3, 0.4) is 0 Å². The Balaban J connectivity index is 1.74. The predicted octanol–water partition coefficient (Wildman–Crippen LogP) is 1.69. The maximum atomic E-state index is 14.6. The van der Waals surface area contributed by atoms with E-state index in [1.807, 2.05) is 0 Å². The molecule has 8 nitrogen and oxygen atoms in total. The van der Waals surface area contributed by atoms with Crippen LogP contribution in [0.5, 0.6) is 5.75 Å². The molecule has 0 spiro atoms. The number of hydrogen-bond acceptors (Lipinski definition) is 5. The van der Waals surface area contributed by atoms with E-state index in [1.54, 1.807) is 23.2 Å². The van der Waals surface area contributed by atoms with Gasteiger partial charge in [-0.1, -0.05) is 0 Å². The average Bonchev–Trinajstić information content (AvgIpc) is 3.20. The molecule has 1 aromatic carbocycles. The molecule has 0 radical (unpaired) electrons. The van der Waals surface area contributed by atoms with Crippen molar-refractivity contribution in [2.24, 2.45) is 13.0 Å². The molecule has 1 aliphatic rings. The first-order chi connectivity index (χ1) is 14.4. The number of aliphatic hydroxyl groups excluding tert-OH is 1. The van der Waals surface area contributed by atoms with Gasteiger partial charge in [-0.05, 0) is 30.9 Å². The fourth-order valence-corrected chi connectivity index (χ4v) is 3.87. The third kappa shape index (κ3) is 3.45. The summed E-state index contributed by atoms with van der Waals surface area (Å²) in [4.78, 5) is 31.6. The molecule has 3 heterocycles. The second-order valence-corrected chi connectivity index (χ2v) is 7.52. The molecule has 30 heavy (non-hydrogen) atoms. The van der Waals surface area contributed by atoms with Gasteiger partial charge in [-0.25, -0.2) is 9.37 Å². The minimum atomic E-state index is -0.525. The molecular weight excluding hydrogens is 391 g/mol. The van der Waals surface area contributed by atoms with Crippen LogP contribution in [-0.4, -0.2) is 56.7 Å². The van der Waals surface area contributed by atoms with Gasteiger partial charge < -0.3 is 19.3 Å². The summed E-state index contributed by atoms with van der Waals surface area (Å²) < 4.78 is 22.4. The van der Waals surface area contributed by atoms with Crippen LogP contribution in [0.25, 0.3) is 16.9 Å². The summed E-state index contributed by atoms with van der Waals surface area (Å²) in [5.74, 6) is -0.377. The molecule has 4 rings (SSSR count). The number of imidazole rings is 1. The highest BCUT2D eigenvalue weighted by Crippen LogP contribution is 2.26. The third-order valence-electron chi connectivity index (χ3n) is 5.59. The van der Waals surface area contributed by atoms with Crippen LogP contribution in [0.15, 0.2) is 35.4 Å². The number of aromatic nitrogens is 3. The molecule has 0 aliphatic carbocycles. The number of piperidine rings is 1. The van der Waals surface area contributed by atoms with Crippen molar-refractivity contribution in [2.75, 3.05) is 26.8 Å². The standard InChI is InChI=1S/C21H23FN4O4/c1-24-18(15-6-5-14(30-2)8-16(15)22)11-26-10-17(23-19(26)21(24)29)20(28)25-7-3-4-13(9-25)12-27/h5-6,8,10-11,13,27H,3-4,7,9,12H2,1-2H3/t13-/m1/s1. The van der Waals surface area contributed by atoms with Crippen molar-refractivity contribution in [3.05, 3.63) is 52.5 Å². The van der Waals surface area contributed by atoms with Crippen molar-refractivity contribution in [3.8, 4) is 17.0 Å². The minimum Gasteiger partial charge on any atom is -0.497 e. The first-order valence-electron chi connectivity index (χ1n) is 9.75. The number of halogens is 1. The lowest BCUT2D eigenvalue weighted by Crippen LogP contribution is -2.41. The third-order valence-corrected chi connectivity index (χ3v) is 5.59. The fourth-order valence-electron chi connectivity index (χ4n) is 3.87. The molecule has 3 aromatic rings. The molecule has 1 amide bonds. The molecule has 0 saturated carbocycles. The van der Waals surface area contributed by atoms with Crippen molar-refractivity contribution in [1.29, 1.82) is 0 Å². The molecule has 2 aromatic heterocycles. The lowest BCUT2D eigenvalue weighted by Gasteiger charge is -2.31. The lowest BCUT2D eigenvalue weighted by atomic mass is 9.99. The van der Waals surface area contributed by atoms with E-state index < -0.39 is 11.4 Å². The monoisotopic (exact) mass is 414 g/mol. The van der Waals surface area contributed by atoms with Gasteiger partial charge in [-0.2, -0.15) is 0 Å². The Kier molecular flexibility index (Phi) is 5.29. The van der Waals surface area contributed by atoms with E-state index in [4.69, 9.17) is 4.74 Å². The number of fused-ring (bicyclic) bond motifs is 1. The molecule has 1 fully saturated rings. The molecule has 1 N–H and O–H groups in total. The van der Waals surface area contributed by atoms with E-state index in [1.165, 1.54) is 35.4 Å². The van der Waals surface area contributed by atoms with E-state index in [9.17, 15) is 19.1 Å². The predicted molar refractivity (Wildman–Crippen MR) is 108 cm³/mol. The summed E-state index contributed by atoms with van der Waals surface area (Å²) in [5, 5.41) is 9.40. The first-order valence-corrected chi connectivity index (χ1v) is 9.75. The van der Waals surface area contributed by atoms with Gasteiger partial charge >= 0.3 is 0 Å². The topological polar surface area (TPSA) is 89.1 Å². The molecule has 158 valence electrons. The van der Waals surface area contributed by atoms with E-state index in [2.05, 4.69) is 4.98 Å². The van der Waals surface area contributed by atoms with Gasteiger partial charge in [0.15, 0.2) is 0 Å². The van der Waals surface area contributed by atoms with Crippen LogP contribution >= 0.6 is 0 Å². The smallest absolute Gasteiger partial charge is 0.294 e. The number of hydrogen-bond donors (Lipinski definition) is 1. The first kappa shape index (κ1) is 20.1. The number of nitrogens with zero attached hydrogens (tertiary/aromatic N) is 4. The van der Waals surface area contributed by atoms with Gasteiger partial charge in [-0.15, -0.1) is 0 Å². The second-order valence-electron chi connectivity index (χ2n) is 7.52. The number of amides is 1. The fraction of sp³-hybridized carbons (Fsp3) is 0.381. The Hall–Kier alpha value is -3.20. The highest BCUT2D eigenvalue weighted by atomic mass is 19.1. The summed E-state index contributed by atoms with van der Waals surface area (Å²) in [6.07, 6.45) is 4.76. The number of likely N-dealkylation sites (tertiary alicyclic amines) is 1. The number of benzene rings is 1. The summed E-state index contributed by atoms with van der Waals surface area (Å²) >= 11 is 0. The van der Waals surface area contributed by atoms with E-state index in [-0.39, 0.29) is 35.3 Å². The molecule has 9 heteroatoms. The normalized spacial score (nSPS) is 16.8. The van der Waals surface area contributed by atoms with E-state index >= 15 is 0 Å². The van der Waals surface area contributed by atoms with Crippen LogP contribution in [0, 0.1) is 11.7 Å². The van der Waals surface area contributed by atoms with Gasteiger partial charge in [0.2, 0.25) is 5.65 Å². The Bertz CT molecular complexity index is 1170. The van der Waals surface area contributed by atoms with Crippen molar-refractivity contribution in [1.82, 2.24) is 18.9 Å². The number of carbonyl (C=O) groups is 1. The molecule has 0 bridgehead atoms. The highest BCUT2D eigenvalue weighted by Gasteiger charge is 2.26. The zero-order valence-corrected chi connectivity index (χ0v) is 16.8. The van der Waals surface area contributed by atoms with Crippen molar-refractivity contribution < 1.29 is 19.0 Å². The number of aliphatic hydroxyl groups is 1. The van der Waals surface area contributed by atoms with Crippen LogP contribution in [0.1, 0.15) is 23.3 Å².